The summed E-state index contributed by atoms with van der Waals surface area (Å²) in [7, 11) is -1.21. The van der Waals surface area contributed by atoms with Crippen molar-refractivity contribution in [1.82, 2.24) is 19.9 Å². The van der Waals surface area contributed by atoms with Crippen molar-refractivity contribution < 1.29 is 14.2 Å². The average Bonchev–Trinajstić information content (AvgIpc) is 3.27. The smallest absolute Gasteiger partial charge is 0.284 e. The zero-order valence-electron chi connectivity index (χ0n) is 21.4. The van der Waals surface area contributed by atoms with Crippen LogP contribution in [0.1, 0.15) is 54.7 Å². The number of anilines is 1. The number of hydrogen-bond acceptors (Lipinski definition) is 6. The lowest BCUT2D eigenvalue weighted by Gasteiger charge is -2.32. The second-order valence-electron chi connectivity index (χ2n) is 11.7. The number of para-hydroxylation sites is 2. The van der Waals surface area contributed by atoms with Gasteiger partial charge < -0.3 is 4.74 Å². The number of carbonyl (C=O) groups is 1. The van der Waals surface area contributed by atoms with E-state index in [4.69, 9.17) is 14.3 Å². The molecule has 2 heterocycles. The van der Waals surface area contributed by atoms with E-state index in [0.29, 0.717) is 42.9 Å². The van der Waals surface area contributed by atoms with Crippen molar-refractivity contribution in [2.75, 3.05) is 18.1 Å². The molecular formula is C26H37N5O3Si. The van der Waals surface area contributed by atoms with Crippen LogP contribution >= 0.6 is 0 Å². The van der Waals surface area contributed by atoms with Crippen molar-refractivity contribution in [2.24, 2.45) is 11.3 Å². The molecule has 0 atom stereocenters. The standard InChI is InChI=1S/C26H37N5O3Si/c1-19-23(29-34-28-19)24(32)30(17-20-9-11-26(12-10-20)13-14-26)25-27-21-7-5-6-8-22(21)31(25)18-33-15-16-35(2,3)4/h5-8,20H,9-18H2,1-4H3. The molecule has 35 heavy (non-hydrogen) atoms. The molecule has 9 heteroatoms. The van der Waals surface area contributed by atoms with Crippen LogP contribution in [0.15, 0.2) is 28.9 Å². The highest BCUT2D eigenvalue weighted by Crippen LogP contribution is 2.57. The highest BCUT2D eigenvalue weighted by molar-refractivity contribution is 6.76. The van der Waals surface area contributed by atoms with Crippen LogP contribution < -0.4 is 4.90 Å². The van der Waals surface area contributed by atoms with Crippen molar-refractivity contribution in [2.45, 2.75) is 77.9 Å². The number of rotatable bonds is 9. The highest BCUT2D eigenvalue weighted by atomic mass is 28.3. The van der Waals surface area contributed by atoms with E-state index in [9.17, 15) is 4.79 Å². The minimum absolute atomic E-state index is 0.214. The number of benzene rings is 1. The summed E-state index contributed by atoms with van der Waals surface area (Å²) in [5.41, 5.74) is 3.16. The first kappa shape index (κ1) is 24.2. The first-order valence-electron chi connectivity index (χ1n) is 12.9. The largest absolute Gasteiger partial charge is 0.361 e. The number of aromatic nitrogens is 4. The lowest BCUT2D eigenvalue weighted by atomic mass is 9.79. The quantitative estimate of drug-likeness (QED) is 0.281. The van der Waals surface area contributed by atoms with Crippen LogP contribution in [0.2, 0.25) is 25.7 Å². The average molecular weight is 496 g/mol. The van der Waals surface area contributed by atoms with Gasteiger partial charge in [-0.05, 0) is 80.1 Å². The monoisotopic (exact) mass is 495 g/mol. The molecule has 0 bridgehead atoms. The first-order valence-corrected chi connectivity index (χ1v) is 16.6. The fourth-order valence-corrected chi connectivity index (χ4v) is 5.90. The molecule has 2 saturated carbocycles. The van der Waals surface area contributed by atoms with Crippen LogP contribution in [0.5, 0.6) is 0 Å². The molecule has 2 fully saturated rings. The van der Waals surface area contributed by atoms with E-state index in [0.717, 1.165) is 29.9 Å². The van der Waals surface area contributed by atoms with Gasteiger partial charge in [-0.3, -0.25) is 14.3 Å². The predicted octanol–water partition coefficient (Wildman–Crippen LogP) is 5.66. The summed E-state index contributed by atoms with van der Waals surface area (Å²) < 4.78 is 13.1. The number of nitrogens with zero attached hydrogens (tertiary/aromatic N) is 5. The molecule has 0 N–H and O–H groups in total. The van der Waals surface area contributed by atoms with Crippen molar-refractivity contribution in [3.05, 3.63) is 35.7 Å². The number of carbonyl (C=O) groups excluding carboxylic acids is 1. The zero-order chi connectivity index (χ0) is 24.6. The maximum absolute atomic E-state index is 13.8. The Morgan fingerprint density at radius 1 is 1.17 bits per heavy atom. The number of amides is 1. The Hall–Kier alpha value is -2.52. The molecule has 3 aromatic rings. The third-order valence-corrected chi connectivity index (χ3v) is 9.46. The Labute approximate surface area is 208 Å². The second-order valence-corrected chi connectivity index (χ2v) is 17.4. The molecular weight excluding hydrogens is 458 g/mol. The van der Waals surface area contributed by atoms with Gasteiger partial charge in [-0.2, -0.15) is 0 Å². The highest BCUT2D eigenvalue weighted by Gasteiger charge is 2.45. The molecule has 188 valence electrons. The van der Waals surface area contributed by atoms with Crippen molar-refractivity contribution >= 4 is 31.0 Å². The van der Waals surface area contributed by atoms with Gasteiger partial charge >= 0.3 is 0 Å². The van der Waals surface area contributed by atoms with Gasteiger partial charge in [-0.1, -0.05) is 36.9 Å². The number of aryl methyl sites for hydroxylation is 1. The van der Waals surface area contributed by atoms with E-state index in [1.54, 1.807) is 11.8 Å². The van der Waals surface area contributed by atoms with E-state index >= 15 is 0 Å². The second kappa shape index (κ2) is 9.50. The molecule has 5 rings (SSSR count). The summed E-state index contributed by atoms with van der Waals surface area (Å²) in [4.78, 5) is 20.5. The molecule has 0 radical (unpaired) electrons. The van der Waals surface area contributed by atoms with Crippen LogP contribution in [0.25, 0.3) is 11.0 Å². The van der Waals surface area contributed by atoms with Crippen molar-refractivity contribution in [3.63, 3.8) is 0 Å². The third-order valence-electron chi connectivity index (χ3n) is 7.76. The van der Waals surface area contributed by atoms with Gasteiger partial charge in [-0.25, -0.2) is 9.61 Å². The van der Waals surface area contributed by atoms with E-state index in [1.165, 1.54) is 25.7 Å². The van der Waals surface area contributed by atoms with Gasteiger partial charge in [0.25, 0.3) is 5.91 Å². The van der Waals surface area contributed by atoms with Gasteiger partial charge in [0.1, 0.15) is 12.4 Å². The minimum atomic E-state index is -1.21. The van der Waals surface area contributed by atoms with Crippen LogP contribution in [0.4, 0.5) is 5.95 Å². The molecule has 2 aliphatic rings. The fourth-order valence-electron chi connectivity index (χ4n) is 5.15. The Morgan fingerprint density at radius 2 is 1.91 bits per heavy atom. The van der Waals surface area contributed by atoms with Crippen LogP contribution in [0, 0.1) is 18.3 Å². The van der Waals surface area contributed by atoms with Crippen molar-refractivity contribution in [3.8, 4) is 0 Å². The summed E-state index contributed by atoms with van der Waals surface area (Å²) >= 11 is 0. The molecule has 1 aromatic carbocycles. The molecule has 8 nitrogen and oxygen atoms in total. The van der Waals surface area contributed by atoms with Crippen LogP contribution in [-0.2, 0) is 11.5 Å². The molecule has 0 aliphatic heterocycles. The Kier molecular flexibility index (Phi) is 6.56. The number of hydrogen-bond donors (Lipinski definition) is 0. The van der Waals surface area contributed by atoms with E-state index < -0.39 is 8.07 Å². The molecule has 2 aromatic heterocycles. The topological polar surface area (TPSA) is 86.3 Å². The number of fused-ring (bicyclic) bond motifs is 1. The Morgan fingerprint density at radius 3 is 2.57 bits per heavy atom. The maximum Gasteiger partial charge on any atom is 0.284 e. The molecule has 1 spiro atoms. The summed E-state index contributed by atoms with van der Waals surface area (Å²) in [6, 6.07) is 9.09. The fraction of sp³-hybridized carbons (Fsp3) is 0.615. The van der Waals surface area contributed by atoms with Gasteiger partial charge in [-0.15, -0.1) is 0 Å². The van der Waals surface area contributed by atoms with E-state index in [1.807, 2.05) is 28.8 Å². The lowest BCUT2D eigenvalue weighted by Crippen LogP contribution is -2.39. The molecule has 1 amide bonds. The van der Waals surface area contributed by atoms with Gasteiger partial charge in [0.05, 0.1) is 11.0 Å². The molecule has 0 unspecified atom stereocenters. The zero-order valence-corrected chi connectivity index (χ0v) is 22.4. The first-order chi connectivity index (χ1) is 16.7. The van der Waals surface area contributed by atoms with Crippen LogP contribution in [0.3, 0.4) is 0 Å². The predicted molar refractivity (Wildman–Crippen MR) is 138 cm³/mol. The summed E-state index contributed by atoms with van der Waals surface area (Å²) in [5.74, 6) is 0.832. The summed E-state index contributed by atoms with van der Waals surface area (Å²) in [6.45, 7) is 10.5. The Bertz CT molecular complexity index is 1180. The van der Waals surface area contributed by atoms with Crippen LogP contribution in [-0.4, -0.2) is 47.0 Å². The van der Waals surface area contributed by atoms with E-state index in [-0.39, 0.29) is 11.6 Å². The van der Waals surface area contributed by atoms with Gasteiger partial charge in [0.15, 0.2) is 5.69 Å². The van der Waals surface area contributed by atoms with Gasteiger partial charge in [0.2, 0.25) is 5.95 Å². The maximum atomic E-state index is 13.8. The van der Waals surface area contributed by atoms with Gasteiger partial charge in [0, 0.05) is 21.2 Å². The molecule has 2 aliphatic carbocycles. The van der Waals surface area contributed by atoms with Crippen molar-refractivity contribution in [1.29, 1.82) is 0 Å². The SMILES string of the molecule is Cc1nonc1C(=O)N(CC1CCC2(CC1)CC2)c1nc2ccccc2n1COCC[Si](C)(C)C. The lowest BCUT2D eigenvalue weighted by molar-refractivity contribution is 0.0882. The minimum Gasteiger partial charge on any atom is -0.361 e. The molecule has 0 saturated heterocycles. The third kappa shape index (κ3) is 5.35. The summed E-state index contributed by atoms with van der Waals surface area (Å²) in [6.07, 6.45) is 7.56. The summed E-state index contributed by atoms with van der Waals surface area (Å²) in [5, 5.41) is 7.79. The van der Waals surface area contributed by atoms with E-state index in [2.05, 4.69) is 30.0 Å². The number of imidazole rings is 1. The number of ether oxygens (including phenoxy) is 1. The Balaban J connectivity index is 1.45. The normalized spacial score (nSPS) is 17.8.